The van der Waals surface area contributed by atoms with Crippen molar-refractivity contribution in [1.82, 2.24) is 5.32 Å². The average molecular weight is 272 g/mol. The molecule has 0 saturated heterocycles. The summed E-state index contributed by atoms with van der Waals surface area (Å²) in [5.41, 5.74) is 0.164. The molecule has 0 fully saturated rings. The van der Waals surface area contributed by atoms with Gasteiger partial charge in [0.15, 0.2) is 5.76 Å². The second kappa shape index (κ2) is 6.28. The van der Waals surface area contributed by atoms with Crippen molar-refractivity contribution >= 4 is 17.5 Å². The lowest BCUT2D eigenvalue weighted by Crippen LogP contribution is -2.31. The monoisotopic (exact) mass is 271 g/mol. The number of carbonyl (C=O) groups excluding carboxylic acids is 1. The van der Waals surface area contributed by atoms with E-state index in [-0.39, 0.29) is 16.7 Å². The molecule has 0 spiro atoms. The minimum Gasteiger partial charge on any atom is -0.456 e. The van der Waals surface area contributed by atoms with Gasteiger partial charge in [0.05, 0.1) is 5.38 Å². The number of amides is 1. The summed E-state index contributed by atoms with van der Waals surface area (Å²) >= 11 is 6.18. The van der Waals surface area contributed by atoms with Crippen molar-refractivity contribution in [2.45, 2.75) is 45.9 Å². The van der Waals surface area contributed by atoms with Gasteiger partial charge in [-0.25, -0.2) is 0 Å². The summed E-state index contributed by atoms with van der Waals surface area (Å²) in [6, 6.07) is 3.52. The lowest BCUT2D eigenvalue weighted by molar-refractivity contribution is 0.0922. The first-order valence-electron chi connectivity index (χ1n) is 6.33. The molecule has 1 unspecified atom stereocenters. The third kappa shape index (κ3) is 5.13. The highest BCUT2D eigenvalue weighted by atomic mass is 35.5. The Morgan fingerprint density at radius 1 is 1.44 bits per heavy atom. The summed E-state index contributed by atoms with van der Waals surface area (Å²) in [5.74, 6) is 0.970. The van der Waals surface area contributed by atoms with E-state index in [1.807, 2.05) is 13.0 Å². The maximum absolute atomic E-state index is 11.8. The molecule has 0 aliphatic rings. The second-order valence-corrected chi connectivity index (χ2v) is 6.31. The standard InChI is InChI=1S/C14H22ClNO2/c1-5-11-6-7-12(18-11)13(17)16-9-10(15)8-14(2,3)4/h6-7,10H,5,8-9H2,1-4H3,(H,16,17). The van der Waals surface area contributed by atoms with Crippen LogP contribution in [-0.4, -0.2) is 17.8 Å². The van der Waals surface area contributed by atoms with Crippen LogP contribution >= 0.6 is 11.6 Å². The number of carbonyl (C=O) groups is 1. The van der Waals surface area contributed by atoms with Crippen molar-refractivity contribution in [3.8, 4) is 0 Å². The van der Waals surface area contributed by atoms with Crippen LogP contribution in [0.5, 0.6) is 0 Å². The van der Waals surface area contributed by atoms with Crippen molar-refractivity contribution < 1.29 is 9.21 Å². The van der Waals surface area contributed by atoms with Gasteiger partial charge in [-0.2, -0.15) is 0 Å². The molecule has 102 valence electrons. The average Bonchev–Trinajstić information content (AvgIpc) is 2.72. The molecular formula is C14H22ClNO2. The van der Waals surface area contributed by atoms with Crippen LogP contribution in [0.2, 0.25) is 0 Å². The van der Waals surface area contributed by atoms with Crippen LogP contribution in [0, 0.1) is 5.41 Å². The molecule has 4 heteroatoms. The van der Waals surface area contributed by atoms with Crippen molar-refractivity contribution in [3.05, 3.63) is 23.7 Å². The van der Waals surface area contributed by atoms with Gasteiger partial charge in [-0.15, -0.1) is 11.6 Å². The van der Waals surface area contributed by atoms with Crippen LogP contribution in [0.4, 0.5) is 0 Å². The van der Waals surface area contributed by atoms with Crippen LogP contribution in [0.15, 0.2) is 16.5 Å². The quantitative estimate of drug-likeness (QED) is 0.831. The third-order valence-corrected chi connectivity index (χ3v) is 2.86. The molecule has 0 aliphatic heterocycles. The van der Waals surface area contributed by atoms with Gasteiger partial charge >= 0.3 is 0 Å². The zero-order chi connectivity index (χ0) is 13.8. The van der Waals surface area contributed by atoms with Gasteiger partial charge in [-0.3, -0.25) is 4.79 Å². The Morgan fingerprint density at radius 3 is 2.61 bits per heavy atom. The predicted molar refractivity (Wildman–Crippen MR) is 74.1 cm³/mol. The van der Waals surface area contributed by atoms with E-state index < -0.39 is 0 Å². The van der Waals surface area contributed by atoms with E-state index in [1.54, 1.807) is 6.07 Å². The number of aryl methyl sites for hydroxylation is 1. The first kappa shape index (κ1) is 15.1. The molecule has 0 aromatic carbocycles. The van der Waals surface area contributed by atoms with Gasteiger partial charge in [0.2, 0.25) is 0 Å². The number of alkyl halides is 1. The van der Waals surface area contributed by atoms with Gasteiger partial charge in [0.25, 0.3) is 5.91 Å². The van der Waals surface area contributed by atoms with E-state index >= 15 is 0 Å². The normalized spacial score (nSPS) is 13.4. The summed E-state index contributed by atoms with van der Waals surface area (Å²) in [7, 11) is 0. The Bertz CT molecular complexity index is 393. The largest absolute Gasteiger partial charge is 0.456 e. The maximum atomic E-state index is 11.8. The zero-order valence-corrected chi connectivity index (χ0v) is 12.3. The van der Waals surface area contributed by atoms with Crippen molar-refractivity contribution in [2.75, 3.05) is 6.54 Å². The molecule has 1 amide bonds. The maximum Gasteiger partial charge on any atom is 0.287 e. The van der Waals surface area contributed by atoms with Crippen LogP contribution in [0.3, 0.4) is 0 Å². The topological polar surface area (TPSA) is 42.2 Å². The van der Waals surface area contributed by atoms with Crippen LogP contribution in [0.1, 0.15) is 50.4 Å². The first-order chi connectivity index (χ1) is 8.31. The predicted octanol–water partition coefficient (Wildman–Crippen LogP) is 3.62. The van der Waals surface area contributed by atoms with Gasteiger partial charge in [-0.1, -0.05) is 27.7 Å². The fourth-order valence-electron chi connectivity index (χ4n) is 1.72. The molecule has 1 aromatic heterocycles. The lowest BCUT2D eigenvalue weighted by Gasteiger charge is -2.21. The fraction of sp³-hybridized carbons (Fsp3) is 0.643. The molecule has 0 radical (unpaired) electrons. The second-order valence-electron chi connectivity index (χ2n) is 5.69. The minimum atomic E-state index is -0.200. The Kier molecular flexibility index (Phi) is 5.27. The van der Waals surface area contributed by atoms with Gasteiger partial charge in [0, 0.05) is 13.0 Å². The zero-order valence-electron chi connectivity index (χ0n) is 11.5. The van der Waals surface area contributed by atoms with Crippen LogP contribution in [0.25, 0.3) is 0 Å². The number of halogens is 1. The van der Waals surface area contributed by atoms with Crippen LogP contribution < -0.4 is 5.32 Å². The summed E-state index contributed by atoms with van der Waals surface area (Å²) in [5, 5.41) is 2.73. The summed E-state index contributed by atoms with van der Waals surface area (Å²) in [6.45, 7) is 8.83. The first-order valence-corrected chi connectivity index (χ1v) is 6.76. The van der Waals surface area contributed by atoms with E-state index in [2.05, 4.69) is 26.1 Å². The number of hydrogen-bond acceptors (Lipinski definition) is 2. The minimum absolute atomic E-state index is 0.0606. The molecule has 1 rings (SSSR count). The van der Waals surface area contributed by atoms with Crippen molar-refractivity contribution in [3.63, 3.8) is 0 Å². The SMILES string of the molecule is CCc1ccc(C(=O)NCC(Cl)CC(C)(C)C)o1. The summed E-state index contributed by atoms with van der Waals surface area (Å²) in [4.78, 5) is 11.8. The molecule has 3 nitrogen and oxygen atoms in total. The van der Waals surface area contributed by atoms with E-state index in [1.165, 1.54) is 0 Å². The highest BCUT2D eigenvalue weighted by Crippen LogP contribution is 2.23. The summed E-state index contributed by atoms with van der Waals surface area (Å²) < 4.78 is 5.37. The Morgan fingerprint density at radius 2 is 2.11 bits per heavy atom. The molecule has 18 heavy (non-hydrogen) atoms. The molecule has 0 bridgehead atoms. The Hall–Kier alpha value is -0.960. The molecular weight excluding hydrogens is 250 g/mol. The van der Waals surface area contributed by atoms with Crippen molar-refractivity contribution in [2.24, 2.45) is 5.41 Å². The highest BCUT2D eigenvalue weighted by Gasteiger charge is 2.18. The van der Waals surface area contributed by atoms with Gasteiger partial charge in [0.1, 0.15) is 5.76 Å². The van der Waals surface area contributed by atoms with Gasteiger partial charge in [-0.05, 0) is 24.0 Å². The van der Waals surface area contributed by atoms with Gasteiger partial charge < -0.3 is 9.73 Å². The lowest BCUT2D eigenvalue weighted by atomic mass is 9.90. The van der Waals surface area contributed by atoms with E-state index in [9.17, 15) is 4.79 Å². The molecule has 1 N–H and O–H groups in total. The molecule has 0 aliphatic carbocycles. The van der Waals surface area contributed by atoms with Crippen LogP contribution in [-0.2, 0) is 6.42 Å². The number of rotatable bonds is 5. The fourth-order valence-corrected chi connectivity index (χ4v) is 2.26. The molecule has 1 atom stereocenters. The number of hydrogen-bond donors (Lipinski definition) is 1. The third-order valence-electron chi connectivity index (χ3n) is 2.55. The number of nitrogens with one attached hydrogen (secondary N) is 1. The van der Waals surface area contributed by atoms with E-state index in [4.69, 9.17) is 16.0 Å². The molecule has 0 saturated carbocycles. The highest BCUT2D eigenvalue weighted by molar-refractivity contribution is 6.21. The number of furan rings is 1. The Labute approximate surface area is 114 Å². The molecule has 1 aromatic rings. The van der Waals surface area contributed by atoms with Crippen molar-refractivity contribution in [1.29, 1.82) is 0 Å². The van der Waals surface area contributed by atoms with E-state index in [0.717, 1.165) is 18.6 Å². The smallest absolute Gasteiger partial charge is 0.287 e. The van der Waals surface area contributed by atoms with E-state index in [0.29, 0.717) is 12.3 Å². The summed E-state index contributed by atoms with van der Waals surface area (Å²) in [6.07, 6.45) is 1.64. The molecule has 1 heterocycles. The Balaban J connectivity index is 2.41.